The molecule has 0 aromatic carbocycles. The molecule has 108 valence electrons. The molecule has 20 heavy (non-hydrogen) atoms. The molecule has 4 atom stereocenters. The third-order valence-electron chi connectivity index (χ3n) is 3.47. The van der Waals surface area contributed by atoms with Crippen LogP contribution >= 0.6 is 0 Å². The van der Waals surface area contributed by atoms with Crippen molar-refractivity contribution in [2.24, 2.45) is 11.8 Å². The van der Waals surface area contributed by atoms with Gasteiger partial charge in [-0.3, -0.25) is 0 Å². The minimum atomic E-state index is -0.592. The molecule has 3 heteroatoms. The van der Waals surface area contributed by atoms with Gasteiger partial charge in [-0.1, -0.05) is 24.3 Å². The number of allylic oxidation sites excluding steroid dienone is 3. The van der Waals surface area contributed by atoms with Gasteiger partial charge in [0.2, 0.25) is 0 Å². The van der Waals surface area contributed by atoms with Gasteiger partial charge in [-0.2, -0.15) is 0 Å². The van der Waals surface area contributed by atoms with E-state index in [2.05, 4.69) is 12.8 Å². The van der Waals surface area contributed by atoms with Gasteiger partial charge in [-0.15, -0.1) is 12.3 Å². The number of aliphatic hydroxyl groups excluding tert-OH is 2. The van der Waals surface area contributed by atoms with Crippen LogP contribution in [0.1, 0.15) is 32.1 Å². The Hall–Kier alpha value is -1.50. The number of rotatable bonds is 9. The second-order valence-corrected chi connectivity index (χ2v) is 5.31. The highest BCUT2D eigenvalue weighted by Crippen LogP contribution is 2.43. The van der Waals surface area contributed by atoms with Crippen molar-refractivity contribution in [3.63, 3.8) is 0 Å². The van der Waals surface area contributed by atoms with Gasteiger partial charge in [0.1, 0.15) is 6.92 Å². The molecule has 1 rings (SSSR count). The summed E-state index contributed by atoms with van der Waals surface area (Å²) < 4.78 is 0. The lowest BCUT2D eigenvalue weighted by Crippen LogP contribution is -2.10. The predicted molar refractivity (Wildman–Crippen MR) is 79.6 cm³/mol. The smallest absolute Gasteiger partial charge is 0.303 e. The third kappa shape index (κ3) is 6.60. The van der Waals surface area contributed by atoms with Crippen molar-refractivity contribution in [1.82, 2.24) is 0 Å². The summed E-state index contributed by atoms with van der Waals surface area (Å²) in [5, 5.41) is 19.3. The fourth-order valence-electron chi connectivity index (χ4n) is 2.21. The highest BCUT2D eigenvalue weighted by atomic mass is 16.3. The molecule has 0 aliphatic heterocycles. The first-order valence-corrected chi connectivity index (χ1v) is 7.04. The predicted octanol–water partition coefficient (Wildman–Crippen LogP) is 2.05. The molecule has 0 radical (unpaired) electrons. The van der Waals surface area contributed by atoms with Crippen LogP contribution in [0.5, 0.6) is 0 Å². The minimum Gasteiger partial charge on any atom is -0.393 e. The summed E-state index contributed by atoms with van der Waals surface area (Å²) in [6.07, 6.45) is 14.6. The lowest BCUT2D eigenvalue weighted by Gasteiger charge is -2.07. The van der Waals surface area contributed by atoms with Crippen LogP contribution in [-0.4, -0.2) is 28.2 Å². The third-order valence-corrected chi connectivity index (χ3v) is 3.47. The fourth-order valence-corrected chi connectivity index (χ4v) is 2.21. The number of hydrogen-bond acceptors (Lipinski definition) is 3. The number of carbonyl (C=O) groups excluding carboxylic acids is 1. The molecule has 0 heterocycles. The normalized spacial score (nSPS) is 24.6. The van der Waals surface area contributed by atoms with Crippen LogP contribution in [0.15, 0.2) is 24.3 Å². The molecule has 1 aliphatic rings. The second kappa shape index (κ2) is 8.63. The Bertz CT molecular complexity index is 403. The number of ketones is 1. The van der Waals surface area contributed by atoms with Crippen LogP contribution < -0.4 is 0 Å². The van der Waals surface area contributed by atoms with Gasteiger partial charge in [0.15, 0.2) is 0 Å². The summed E-state index contributed by atoms with van der Waals surface area (Å²) >= 11 is 0. The Morgan fingerprint density at radius 1 is 1.45 bits per heavy atom. The van der Waals surface area contributed by atoms with Crippen LogP contribution in [0, 0.1) is 31.1 Å². The highest BCUT2D eigenvalue weighted by Gasteiger charge is 2.39. The number of aliphatic hydroxyl groups is 2. The maximum Gasteiger partial charge on any atom is 0.303 e. The highest BCUT2D eigenvalue weighted by molar-refractivity contribution is 5.82. The Morgan fingerprint density at radius 2 is 2.20 bits per heavy atom. The second-order valence-electron chi connectivity index (χ2n) is 5.31. The zero-order chi connectivity index (χ0) is 15.0. The molecular weight excluding hydrogens is 252 g/mol. The molecule has 1 fully saturated rings. The first kappa shape index (κ1) is 16.6. The molecule has 0 bridgehead atoms. The van der Waals surface area contributed by atoms with Crippen LogP contribution in [0.2, 0.25) is 0 Å². The Kier molecular flexibility index (Phi) is 7.14. The van der Waals surface area contributed by atoms with E-state index < -0.39 is 6.10 Å². The molecule has 0 aromatic heterocycles. The van der Waals surface area contributed by atoms with Crippen LogP contribution in [0.3, 0.4) is 0 Å². The van der Waals surface area contributed by atoms with Crippen molar-refractivity contribution in [2.45, 2.75) is 44.3 Å². The molecular formula is C17H23O3+. The van der Waals surface area contributed by atoms with Gasteiger partial charge in [-0.05, 0) is 31.1 Å². The summed E-state index contributed by atoms with van der Waals surface area (Å²) in [7, 11) is 0. The average molecular weight is 275 g/mol. The van der Waals surface area contributed by atoms with Gasteiger partial charge in [0.05, 0.1) is 18.6 Å². The molecule has 0 spiro atoms. The summed E-state index contributed by atoms with van der Waals surface area (Å²) in [5.74, 6) is 3.02. The van der Waals surface area contributed by atoms with Crippen molar-refractivity contribution in [1.29, 1.82) is 0 Å². The van der Waals surface area contributed by atoms with E-state index in [1.165, 1.54) is 0 Å². The Labute approximate surface area is 121 Å². The lowest BCUT2D eigenvalue weighted by atomic mass is 10.1. The summed E-state index contributed by atoms with van der Waals surface area (Å²) in [6.45, 7) is 3.32. The van der Waals surface area contributed by atoms with Crippen molar-refractivity contribution in [3.05, 3.63) is 31.2 Å². The molecule has 2 N–H and O–H groups in total. The standard InChI is InChI=1S/C17H23O3/c1-3-7-15(19)10-5-4-9-14-12-16(14)17(20)11-6-8-13(2)18/h1,4-5,9-10,14-17,19-20H,2,6-8,11-12H2/q+1/b9-4+,10-5+. The van der Waals surface area contributed by atoms with Crippen LogP contribution in [0.25, 0.3) is 0 Å². The quantitative estimate of drug-likeness (QED) is 0.385. The van der Waals surface area contributed by atoms with E-state index >= 15 is 0 Å². The molecule has 0 aromatic rings. The fraction of sp³-hybridized carbons (Fsp3) is 0.529. The summed E-state index contributed by atoms with van der Waals surface area (Å²) in [6, 6.07) is 0. The maximum atomic E-state index is 10.7. The van der Waals surface area contributed by atoms with E-state index in [9.17, 15) is 15.0 Å². The largest absolute Gasteiger partial charge is 0.393 e. The van der Waals surface area contributed by atoms with Crippen molar-refractivity contribution >= 4 is 5.78 Å². The van der Waals surface area contributed by atoms with Gasteiger partial charge >= 0.3 is 5.78 Å². The van der Waals surface area contributed by atoms with Crippen molar-refractivity contribution < 1.29 is 15.0 Å². The van der Waals surface area contributed by atoms with E-state index in [1.54, 1.807) is 12.2 Å². The SMILES string of the molecule is C#CCC(O)/C=C/C=C/C1CC1C(O)CCCC([CH2+])=O. The van der Waals surface area contributed by atoms with Crippen LogP contribution in [0.4, 0.5) is 0 Å². The van der Waals surface area contributed by atoms with Gasteiger partial charge in [0.25, 0.3) is 0 Å². The monoisotopic (exact) mass is 275 g/mol. The van der Waals surface area contributed by atoms with Crippen LogP contribution in [-0.2, 0) is 4.79 Å². The zero-order valence-corrected chi connectivity index (χ0v) is 11.7. The Balaban J connectivity index is 2.19. The number of terminal acetylenes is 1. The molecule has 1 aliphatic carbocycles. The minimum absolute atomic E-state index is 0.0693. The molecule has 4 unspecified atom stereocenters. The van der Waals surface area contributed by atoms with E-state index in [-0.39, 0.29) is 11.9 Å². The molecule has 1 saturated carbocycles. The van der Waals surface area contributed by atoms with Crippen molar-refractivity contribution in [3.8, 4) is 12.3 Å². The molecule has 0 saturated heterocycles. The average Bonchev–Trinajstić information content (AvgIpc) is 3.14. The lowest BCUT2D eigenvalue weighted by molar-refractivity contribution is -0.115. The topological polar surface area (TPSA) is 57.5 Å². The van der Waals surface area contributed by atoms with E-state index in [1.807, 2.05) is 12.2 Å². The zero-order valence-electron chi connectivity index (χ0n) is 11.7. The number of carbonyl (C=O) groups is 1. The molecule has 0 amide bonds. The first-order valence-electron chi connectivity index (χ1n) is 7.04. The van der Waals surface area contributed by atoms with Gasteiger partial charge in [-0.25, -0.2) is 4.79 Å². The number of hydrogen-bond donors (Lipinski definition) is 2. The first-order chi connectivity index (χ1) is 9.54. The summed E-state index contributed by atoms with van der Waals surface area (Å²) in [5.41, 5.74) is 0. The van der Waals surface area contributed by atoms with E-state index in [0.717, 1.165) is 6.42 Å². The molecule has 3 nitrogen and oxygen atoms in total. The summed E-state index contributed by atoms with van der Waals surface area (Å²) in [4.78, 5) is 10.7. The van der Waals surface area contributed by atoms with Crippen molar-refractivity contribution in [2.75, 3.05) is 0 Å². The van der Waals surface area contributed by atoms with E-state index in [4.69, 9.17) is 6.42 Å². The Morgan fingerprint density at radius 3 is 2.85 bits per heavy atom. The maximum absolute atomic E-state index is 10.7. The van der Waals surface area contributed by atoms with Gasteiger partial charge in [0, 0.05) is 6.42 Å². The van der Waals surface area contributed by atoms with E-state index in [0.29, 0.717) is 37.5 Å². The number of Topliss-reactive ketones (excluding diaryl/α,β-unsaturated/α-hetero) is 1. The van der Waals surface area contributed by atoms with Gasteiger partial charge < -0.3 is 10.2 Å².